The molecular formula is C25H42N2O4. The van der Waals surface area contributed by atoms with Crippen molar-refractivity contribution in [2.24, 2.45) is 5.92 Å². The highest BCUT2D eigenvalue weighted by atomic mass is 16.5. The van der Waals surface area contributed by atoms with E-state index in [4.69, 9.17) is 9.47 Å². The predicted octanol–water partition coefficient (Wildman–Crippen LogP) is 3.95. The van der Waals surface area contributed by atoms with Crippen molar-refractivity contribution in [3.8, 4) is 0 Å². The highest BCUT2D eigenvalue weighted by molar-refractivity contribution is 5.72. The third-order valence-electron chi connectivity index (χ3n) is 5.50. The summed E-state index contributed by atoms with van der Waals surface area (Å²) in [4.78, 5) is 13.6. The molecule has 0 saturated carbocycles. The Morgan fingerprint density at radius 1 is 1.23 bits per heavy atom. The largest absolute Gasteiger partial charge is 0.501 e. The molecule has 1 amide bonds. The minimum Gasteiger partial charge on any atom is -0.501 e. The van der Waals surface area contributed by atoms with Gasteiger partial charge >= 0.3 is 0 Å². The number of nitrogens with one attached hydrogen (secondary N) is 1. The molecule has 3 unspecified atom stereocenters. The summed E-state index contributed by atoms with van der Waals surface area (Å²) >= 11 is 0. The molecule has 0 aromatic rings. The second kappa shape index (κ2) is 14.9. The number of nitrogens with zero attached hydrogens (tertiary/aromatic N) is 1. The first-order valence-corrected chi connectivity index (χ1v) is 11.2. The van der Waals surface area contributed by atoms with Crippen LogP contribution in [-0.4, -0.2) is 61.9 Å². The standard InChI is InChI=1S/C25H42N2O4/c1-19-12-10-8-7-9-11-13-23(14-19)27(18-24(29)16-26-22(4)28)17-20(2)25(31-6)15-21(3)30-5/h7,9-10,12,15,19,23-24,29H,8,11,13-14,16-18H2,1-6H3,(H,26,28)/b9-7-,12-10-,21-15+,25-20-. The smallest absolute Gasteiger partial charge is 0.216 e. The third-order valence-corrected chi connectivity index (χ3v) is 5.50. The molecule has 6 nitrogen and oxygen atoms in total. The van der Waals surface area contributed by atoms with E-state index in [1.807, 2.05) is 13.0 Å². The van der Waals surface area contributed by atoms with E-state index in [9.17, 15) is 9.90 Å². The van der Waals surface area contributed by atoms with Crippen molar-refractivity contribution in [2.45, 2.75) is 65.5 Å². The lowest BCUT2D eigenvalue weighted by atomic mass is 9.94. The van der Waals surface area contributed by atoms with Gasteiger partial charge in [-0.05, 0) is 51.0 Å². The van der Waals surface area contributed by atoms with Crippen LogP contribution in [0.1, 0.15) is 53.4 Å². The van der Waals surface area contributed by atoms with Gasteiger partial charge in [-0.15, -0.1) is 0 Å². The van der Waals surface area contributed by atoms with E-state index >= 15 is 0 Å². The maximum Gasteiger partial charge on any atom is 0.216 e. The van der Waals surface area contributed by atoms with Crippen molar-refractivity contribution in [2.75, 3.05) is 33.9 Å². The lowest BCUT2D eigenvalue weighted by Gasteiger charge is -2.35. The average molecular weight is 435 g/mol. The van der Waals surface area contributed by atoms with E-state index in [0.717, 1.165) is 42.8 Å². The molecule has 0 fully saturated rings. The third kappa shape index (κ3) is 11.2. The summed E-state index contributed by atoms with van der Waals surface area (Å²) in [6.07, 6.45) is 14.2. The second-order valence-corrected chi connectivity index (χ2v) is 8.41. The zero-order valence-corrected chi connectivity index (χ0v) is 20.2. The topological polar surface area (TPSA) is 71.0 Å². The van der Waals surface area contributed by atoms with Crippen molar-refractivity contribution < 1.29 is 19.4 Å². The number of allylic oxidation sites excluding steroid dienone is 6. The molecule has 1 aliphatic carbocycles. The van der Waals surface area contributed by atoms with Crippen molar-refractivity contribution in [3.63, 3.8) is 0 Å². The van der Waals surface area contributed by atoms with Gasteiger partial charge < -0.3 is 19.9 Å². The molecule has 2 N–H and O–H groups in total. The van der Waals surface area contributed by atoms with Crippen LogP contribution in [0.5, 0.6) is 0 Å². The van der Waals surface area contributed by atoms with E-state index in [1.54, 1.807) is 14.2 Å². The minimum atomic E-state index is -0.643. The number of hydrogen-bond donors (Lipinski definition) is 2. The lowest BCUT2D eigenvalue weighted by Crippen LogP contribution is -2.45. The van der Waals surface area contributed by atoms with Crippen LogP contribution >= 0.6 is 0 Å². The van der Waals surface area contributed by atoms with Gasteiger partial charge in [0.1, 0.15) is 5.76 Å². The van der Waals surface area contributed by atoms with Crippen LogP contribution in [-0.2, 0) is 14.3 Å². The van der Waals surface area contributed by atoms with Crippen LogP contribution in [0.15, 0.2) is 47.5 Å². The number of rotatable bonds is 10. The van der Waals surface area contributed by atoms with Gasteiger partial charge in [-0.3, -0.25) is 9.69 Å². The Balaban J connectivity index is 3.12. The zero-order chi connectivity index (χ0) is 23.2. The molecular weight excluding hydrogens is 392 g/mol. The first-order valence-electron chi connectivity index (χ1n) is 11.2. The van der Waals surface area contributed by atoms with Gasteiger partial charge in [-0.1, -0.05) is 31.2 Å². The fourth-order valence-electron chi connectivity index (χ4n) is 3.77. The van der Waals surface area contributed by atoms with Crippen LogP contribution in [0.4, 0.5) is 0 Å². The van der Waals surface area contributed by atoms with E-state index in [0.29, 0.717) is 25.0 Å². The molecule has 0 aromatic heterocycles. The van der Waals surface area contributed by atoms with Crippen molar-refractivity contribution in [1.82, 2.24) is 10.2 Å². The number of hydrogen-bond acceptors (Lipinski definition) is 5. The van der Waals surface area contributed by atoms with E-state index in [2.05, 4.69) is 48.4 Å². The summed E-state index contributed by atoms with van der Waals surface area (Å²) in [5.74, 6) is 1.86. The molecule has 3 atom stereocenters. The Bertz CT molecular complexity index is 666. The molecule has 31 heavy (non-hydrogen) atoms. The molecule has 6 heteroatoms. The van der Waals surface area contributed by atoms with Crippen LogP contribution in [0.25, 0.3) is 0 Å². The van der Waals surface area contributed by atoms with Gasteiger partial charge in [-0.25, -0.2) is 0 Å². The normalized spacial score (nSPS) is 24.1. The number of aliphatic hydroxyl groups is 1. The molecule has 0 aromatic carbocycles. The monoisotopic (exact) mass is 434 g/mol. The highest BCUT2D eigenvalue weighted by Gasteiger charge is 2.24. The van der Waals surface area contributed by atoms with E-state index in [-0.39, 0.29) is 12.5 Å². The van der Waals surface area contributed by atoms with E-state index in [1.165, 1.54) is 6.92 Å². The molecule has 0 aliphatic heterocycles. The molecule has 0 radical (unpaired) electrons. The van der Waals surface area contributed by atoms with E-state index < -0.39 is 6.10 Å². The van der Waals surface area contributed by atoms with Crippen molar-refractivity contribution in [1.29, 1.82) is 0 Å². The Morgan fingerprint density at radius 2 is 1.97 bits per heavy atom. The number of ether oxygens (including phenoxy) is 2. The summed E-state index contributed by atoms with van der Waals surface area (Å²) in [5, 5.41) is 13.3. The summed E-state index contributed by atoms with van der Waals surface area (Å²) in [6, 6.07) is 0.301. The first-order chi connectivity index (χ1) is 14.8. The molecule has 1 aliphatic rings. The fraction of sp³-hybridized carbons (Fsp3) is 0.640. The SMILES string of the molecule is COC(/C=C(\C)OC)=C(/C)CN(CC(O)CNC(C)=O)C1CC/C=C\C/C=C\C(C)C1. The van der Waals surface area contributed by atoms with Gasteiger partial charge in [0.15, 0.2) is 0 Å². The van der Waals surface area contributed by atoms with Crippen LogP contribution in [0.2, 0.25) is 0 Å². The summed E-state index contributed by atoms with van der Waals surface area (Å²) in [6.45, 7) is 9.04. The van der Waals surface area contributed by atoms with Gasteiger partial charge in [-0.2, -0.15) is 0 Å². The number of amides is 1. The average Bonchev–Trinajstić information content (AvgIpc) is 2.73. The Labute approximate surface area is 188 Å². The maximum atomic E-state index is 11.3. The first kappa shape index (κ1) is 27.0. The number of carbonyl (C=O) groups excluding carboxylic acids is 1. The Hall–Kier alpha value is -2.05. The number of carbonyl (C=O) groups is 1. The quantitative estimate of drug-likeness (QED) is 0.310. The number of aliphatic hydroxyl groups excluding tert-OH is 1. The summed E-state index contributed by atoms with van der Waals surface area (Å²) in [7, 11) is 3.30. The van der Waals surface area contributed by atoms with Crippen LogP contribution < -0.4 is 5.32 Å². The van der Waals surface area contributed by atoms with Gasteiger partial charge in [0.2, 0.25) is 5.91 Å². The van der Waals surface area contributed by atoms with Gasteiger partial charge in [0.05, 0.1) is 26.1 Å². The zero-order valence-electron chi connectivity index (χ0n) is 20.2. The molecule has 0 bridgehead atoms. The van der Waals surface area contributed by atoms with Crippen LogP contribution in [0.3, 0.4) is 0 Å². The maximum absolute atomic E-state index is 11.3. The van der Waals surface area contributed by atoms with Crippen LogP contribution in [0, 0.1) is 5.92 Å². The fourth-order valence-corrected chi connectivity index (χ4v) is 3.77. The minimum absolute atomic E-state index is 0.133. The molecule has 176 valence electrons. The molecule has 0 heterocycles. The Kier molecular flexibility index (Phi) is 12.9. The predicted molar refractivity (Wildman–Crippen MR) is 126 cm³/mol. The van der Waals surface area contributed by atoms with Gasteiger partial charge in [0, 0.05) is 38.7 Å². The van der Waals surface area contributed by atoms with Crippen molar-refractivity contribution in [3.05, 3.63) is 47.5 Å². The number of methoxy groups -OCH3 is 2. The Morgan fingerprint density at radius 3 is 2.61 bits per heavy atom. The molecule has 0 saturated heterocycles. The summed E-state index contributed by atoms with van der Waals surface area (Å²) in [5.41, 5.74) is 1.07. The lowest BCUT2D eigenvalue weighted by molar-refractivity contribution is -0.119. The van der Waals surface area contributed by atoms with Gasteiger partial charge in [0.25, 0.3) is 0 Å². The second-order valence-electron chi connectivity index (χ2n) is 8.41. The summed E-state index contributed by atoms with van der Waals surface area (Å²) < 4.78 is 10.9. The van der Waals surface area contributed by atoms with Crippen molar-refractivity contribution >= 4 is 5.91 Å². The highest BCUT2D eigenvalue weighted by Crippen LogP contribution is 2.22. The molecule has 0 spiro atoms. The molecule has 1 rings (SSSR count).